The highest BCUT2D eigenvalue weighted by atomic mass is 32.2. The Kier molecular flexibility index (Phi) is 4.01. The molecule has 3 rings (SSSR count). The van der Waals surface area contributed by atoms with Crippen molar-refractivity contribution in [1.82, 2.24) is 20.1 Å². The third-order valence-corrected chi connectivity index (χ3v) is 5.33. The molecule has 0 aromatic carbocycles. The van der Waals surface area contributed by atoms with E-state index < -0.39 is 9.84 Å². The Labute approximate surface area is 130 Å². The summed E-state index contributed by atoms with van der Waals surface area (Å²) in [6.07, 6.45) is 5.38. The van der Waals surface area contributed by atoms with Crippen molar-refractivity contribution in [3.05, 3.63) is 41.5 Å². The molecule has 0 bridgehead atoms. The Bertz CT molecular complexity index is 769. The zero-order valence-electron chi connectivity index (χ0n) is 12.8. The summed E-state index contributed by atoms with van der Waals surface area (Å²) in [4.78, 5) is 7.07. The summed E-state index contributed by atoms with van der Waals surface area (Å²) in [5.74, 6) is 0.177. The number of aromatic amines is 1. The molecule has 0 saturated carbocycles. The molecule has 0 aliphatic carbocycles. The van der Waals surface area contributed by atoms with Crippen molar-refractivity contribution in [2.24, 2.45) is 0 Å². The van der Waals surface area contributed by atoms with Crippen LogP contribution in [0.5, 0.6) is 0 Å². The molecule has 0 unspecified atom stereocenters. The van der Waals surface area contributed by atoms with E-state index in [9.17, 15) is 8.42 Å². The minimum atomic E-state index is -3.24. The molecule has 6 nitrogen and oxygen atoms in total. The largest absolute Gasteiger partial charge is 0.297 e. The summed E-state index contributed by atoms with van der Waals surface area (Å²) in [7, 11) is -3.24. The molecule has 3 heterocycles. The van der Waals surface area contributed by atoms with Crippen LogP contribution >= 0.6 is 0 Å². The summed E-state index contributed by atoms with van der Waals surface area (Å²) in [6.45, 7) is 4.61. The molecule has 0 amide bonds. The van der Waals surface area contributed by atoms with Crippen molar-refractivity contribution in [1.29, 1.82) is 0 Å². The quantitative estimate of drug-likeness (QED) is 0.923. The van der Waals surface area contributed by atoms with Gasteiger partial charge in [-0.15, -0.1) is 0 Å². The van der Waals surface area contributed by atoms with Crippen LogP contribution in [0.25, 0.3) is 0 Å². The number of nitrogens with zero attached hydrogens (tertiary/aromatic N) is 3. The molecule has 1 atom stereocenters. The summed E-state index contributed by atoms with van der Waals surface area (Å²) in [5, 5.41) is 6.80. The number of rotatable bonds is 4. The van der Waals surface area contributed by atoms with Crippen LogP contribution in [-0.4, -0.2) is 47.8 Å². The first-order valence-electron chi connectivity index (χ1n) is 7.31. The van der Waals surface area contributed by atoms with Crippen molar-refractivity contribution in [2.75, 3.05) is 19.3 Å². The van der Waals surface area contributed by atoms with Crippen LogP contribution in [0, 0.1) is 6.92 Å². The van der Waals surface area contributed by atoms with Crippen molar-refractivity contribution < 1.29 is 8.42 Å². The standard InChI is InChI=1S/C15H20N4O2S/c1-11-4-3-6-16-13(11)10-19-7-5-12(9-19)15-14(8-17-18-15)22(2,20)21/h3-4,6,8,12H,5,7,9-10H2,1-2H3,(H,17,18)/t12-/m1/s1. The van der Waals surface area contributed by atoms with Crippen LogP contribution in [0.3, 0.4) is 0 Å². The first-order valence-corrected chi connectivity index (χ1v) is 9.20. The van der Waals surface area contributed by atoms with Crippen LogP contribution in [-0.2, 0) is 16.4 Å². The van der Waals surface area contributed by atoms with E-state index in [2.05, 4.69) is 33.1 Å². The number of pyridine rings is 1. The summed E-state index contributed by atoms with van der Waals surface area (Å²) >= 11 is 0. The van der Waals surface area contributed by atoms with Gasteiger partial charge >= 0.3 is 0 Å². The lowest BCUT2D eigenvalue weighted by atomic mass is 10.1. The van der Waals surface area contributed by atoms with Gasteiger partial charge in [0.15, 0.2) is 9.84 Å². The Hall–Kier alpha value is -1.73. The Balaban J connectivity index is 1.74. The van der Waals surface area contributed by atoms with Gasteiger partial charge in [-0.3, -0.25) is 15.0 Å². The van der Waals surface area contributed by atoms with Crippen LogP contribution in [0.15, 0.2) is 29.4 Å². The van der Waals surface area contributed by atoms with Crippen molar-refractivity contribution >= 4 is 9.84 Å². The van der Waals surface area contributed by atoms with Gasteiger partial charge in [0, 0.05) is 31.5 Å². The van der Waals surface area contributed by atoms with Gasteiger partial charge in [-0.2, -0.15) is 5.10 Å². The number of likely N-dealkylation sites (tertiary alicyclic amines) is 1. The van der Waals surface area contributed by atoms with Gasteiger partial charge in [-0.1, -0.05) is 6.07 Å². The summed E-state index contributed by atoms with van der Waals surface area (Å²) in [6, 6.07) is 4.00. The van der Waals surface area contributed by atoms with E-state index >= 15 is 0 Å². The molecule has 1 aliphatic rings. The molecule has 2 aromatic rings. The molecule has 0 radical (unpaired) electrons. The second-order valence-corrected chi connectivity index (χ2v) is 7.89. The van der Waals surface area contributed by atoms with Crippen molar-refractivity contribution in [2.45, 2.75) is 30.7 Å². The molecule has 2 aromatic heterocycles. The maximum atomic E-state index is 11.8. The van der Waals surface area contributed by atoms with Crippen LogP contribution in [0.1, 0.15) is 29.3 Å². The average Bonchev–Trinajstić information content (AvgIpc) is 3.09. The first kappa shape index (κ1) is 15.2. The van der Waals surface area contributed by atoms with E-state index in [4.69, 9.17) is 0 Å². The number of aryl methyl sites for hydroxylation is 1. The molecule has 22 heavy (non-hydrogen) atoms. The molecule has 1 N–H and O–H groups in total. The Morgan fingerprint density at radius 2 is 2.27 bits per heavy atom. The molecule has 1 aliphatic heterocycles. The number of hydrogen-bond donors (Lipinski definition) is 1. The zero-order chi connectivity index (χ0) is 15.7. The highest BCUT2D eigenvalue weighted by Gasteiger charge is 2.29. The molecular formula is C15H20N4O2S. The minimum Gasteiger partial charge on any atom is -0.297 e. The average molecular weight is 320 g/mol. The highest BCUT2D eigenvalue weighted by Crippen LogP contribution is 2.30. The minimum absolute atomic E-state index is 0.177. The Morgan fingerprint density at radius 3 is 3.00 bits per heavy atom. The molecule has 118 valence electrons. The molecule has 1 saturated heterocycles. The van der Waals surface area contributed by atoms with E-state index in [1.165, 1.54) is 18.0 Å². The second-order valence-electron chi connectivity index (χ2n) is 5.91. The zero-order valence-corrected chi connectivity index (χ0v) is 13.6. The summed E-state index contributed by atoms with van der Waals surface area (Å²) < 4.78 is 23.6. The number of nitrogens with one attached hydrogen (secondary N) is 1. The molecular weight excluding hydrogens is 300 g/mol. The topological polar surface area (TPSA) is 79.0 Å². The van der Waals surface area contributed by atoms with Gasteiger partial charge in [-0.05, 0) is 31.5 Å². The fraction of sp³-hybridized carbons (Fsp3) is 0.467. The fourth-order valence-electron chi connectivity index (χ4n) is 2.98. The maximum absolute atomic E-state index is 11.8. The SMILES string of the molecule is Cc1cccnc1CN1CC[C@@H](c2[nH]ncc2S(C)(=O)=O)C1. The van der Waals surface area contributed by atoms with Gasteiger partial charge in [0.2, 0.25) is 0 Å². The molecule has 0 spiro atoms. The highest BCUT2D eigenvalue weighted by molar-refractivity contribution is 7.90. The van der Waals surface area contributed by atoms with Crippen LogP contribution in [0.2, 0.25) is 0 Å². The van der Waals surface area contributed by atoms with Gasteiger partial charge in [0.05, 0.1) is 17.6 Å². The lowest BCUT2D eigenvalue weighted by molar-refractivity contribution is 0.321. The van der Waals surface area contributed by atoms with E-state index in [1.807, 2.05) is 12.3 Å². The second kappa shape index (κ2) is 5.81. The third kappa shape index (κ3) is 3.05. The molecule has 7 heteroatoms. The fourth-order valence-corrected chi connectivity index (χ4v) is 3.84. The number of hydrogen-bond acceptors (Lipinski definition) is 5. The van der Waals surface area contributed by atoms with Crippen LogP contribution in [0.4, 0.5) is 0 Å². The van der Waals surface area contributed by atoms with Gasteiger partial charge in [0.25, 0.3) is 0 Å². The Morgan fingerprint density at radius 1 is 1.45 bits per heavy atom. The van der Waals surface area contributed by atoms with Gasteiger partial charge in [0.1, 0.15) is 4.90 Å². The number of H-pyrrole nitrogens is 1. The predicted octanol–water partition coefficient (Wildman–Crippen LogP) is 1.51. The first-order chi connectivity index (χ1) is 10.4. The van der Waals surface area contributed by atoms with Gasteiger partial charge in [-0.25, -0.2) is 8.42 Å². The monoisotopic (exact) mass is 320 g/mol. The van der Waals surface area contributed by atoms with Crippen molar-refractivity contribution in [3.8, 4) is 0 Å². The van der Waals surface area contributed by atoms with Crippen LogP contribution < -0.4 is 0 Å². The molecule has 1 fully saturated rings. The van der Waals surface area contributed by atoms with E-state index in [0.29, 0.717) is 4.90 Å². The predicted molar refractivity (Wildman–Crippen MR) is 83.3 cm³/mol. The maximum Gasteiger partial charge on any atom is 0.178 e. The van der Waals surface area contributed by atoms with E-state index in [1.54, 1.807) is 0 Å². The van der Waals surface area contributed by atoms with Gasteiger partial charge < -0.3 is 0 Å². The third-order valence-electron chi connectivity index (χ3n) is 4.20. The number of aromatic nitrogens is 3. The normalized spacial score (nSPS) is 19.6. The van der Waals surface area contributed by atoms with Crippen molar-refractivity contribution in [3.63, 3.8) is 0 Å². The number of sulfone groups is 1. The van der Waals surface area contributed by atoms with E-state index in [-0.39, 0.29) is 5.92 Å². The van der Waals surface area contributed by atoms with E-state index in [0.717, 1.165) is 37.4 Å². The summed E-state index contributed by atoms with van der Waals surface area (Å²) in [5.41, 5.74) is 3.00. The smallest absolute Gasteiger partial charge is 0.178 e. The lowest BCUT2D eigenvalue weighted by Gasteiger charge is -2.16. The lowest BCUT2D eigenvalue weighted by Crippen LogP contribution is -2.21.